The largest absolute Gasteiger partial charge is 0.338 e. The number of likely N-dealkylation sites (tertiary alicyclic amines) is 1. The highest BCUT2D eigenvalue weighted by atomic mass is 35.5. The van der Waals surface area contributed by atoms with Gasteiger partial charge in [0.25, 0.3) is 0 Å². The second kappa shape index (κ2) is 8.10. The minimum atomic E-state index is 0. The molecule has 0 spiro atoms. The number of nitrogens with one attached hydrogen (secondary N) is 1. The maximum absolute atomic E-state index is 12.2. The van der Waals surface area contributed by atoms with Crippen molar-refractivity contribution in [2.24, 2.45) is 0 Å². The monoisotopic (exact) mass is 322 g/mol. The Labute approximate surface area is 129 Å². The van der Waals surface area contributed by atoms with Crippen molar-refractivity contribution in [2.75, 3.05) is 20.1 Å². The molecule has 1 aliphatic rings. The van der Waals surface area contributed by atoms with E-state index in [1.807, 2.05) is 23.4 Å². The lowest BCUT2D eigenvalue weighted by atomic mass is 10.2. The highest BCUT2D eigenvalue weighted by Crippen LogP contribution is 2.22. The first-order valence-corrected chi connectivity index (χ1v) is 7.63. The third-order valence-electron chi connectivity index (χ3n) is 3.34. The molecule has 1 aromatic rings. The minimum absolute atomic E-state index is 0. The van der Waals surface area contributed by atoms with Crippen molar-refractivity contribution in [3.05, 3.63) is 21.3 Å². The zero-order valence-electron chi connectivity index (χ0n) is 11.0. The first-order chi connectivity index (χ1) is 8.70. The van der Waals surface area contributed by atoms with Gasteiger partial charge in [0.1, 0.15) is 0 Å². The van der Waals surface area contributed by atoms with Crippen LogP contribution in [-0.4, -0.2) is 37.0 Å². The number of thiophene rings is 1. The molecule has 1 N–H and O–H groups in total. The van der Waals surface area contributed by atoms with E-state index < -0.39 is 0 Å². The standard InChI is InChI=1S/C13H19ClN2OS.ClH/c1-15-8-11-3-2-6-16(11)13(17)5-4-12-7-10(14)9-18-12;/h7,9,11,15H,2-6,8H2,1H3;1H. The summed E-state index contributed by atoms with van der Waals surface area (Å²) in [4.78, 5) is 15.4. The summed E-state index contributed by atoms with van der Waals surface area (Å²) in [5.41, 5.74) is 0. The Morgan fingerprint density at radius 1 is 1.63 bits per heavy atom. The molecule has 1 fully saturated rings. The van der Waals surface area contributed by atoms with E-state index in [9.17, 15) is 4.79 Å². The molecule has 0 aromatic carbocycles. The molecule has 0 radical (unpaired) electrons. The number of amides is 1. The molecule has 3 nitrogen and oxygen atoms in total. The first-order valence-electron chi connectivity index (χ1n) is 6.37. The lowest BCUT2D eigenvalue weighted by Gasteiger charge is -2.24. The molecule has 6 heteroatoms. The van der Waals surface area contributed by atoms with Gasteiger partial charge in [-0.15, -0.1) is 23.7 Å². The lowest BCUT2D eigenvalue weighted by molar-refractivity contribution is -0.131. The number of hydrogen-bond acceptors (Lipinski definition) is 3. The van der Waals surface area contributed by atoms with Gasteiger partial charge in [0.05, 0.1) is 5.02 Å². The van der Waals surface area contributed by atoms with E-state index in [1.54, 1.807) is 11.3 Å². The van der Waals surface area contributed by atoms with Crippen LogP contribution in [0.25, 0.3) is 0 Å². The van der Waals surface area contributed by atoms with Gasteiger partial charge < -0.3 is 10.2 Å². The molecular formula is C13H20Cl2N2OS. The lowest BCUT2D eigenvalue weighted by Crippen LogP contribution is -2.40. The summed E-state index contributed by atoms with van der Waals surface area (Å²) >= 11 is 7.50. The average Bonchev–Trinajstić information content (AvgIpc) is 2.96. The Morgan fingerprint density at radius 2 is 2.42 bits per heavy atom. The van der Waals surface area contributed by atoms with Crippen LogP contribution < -0.4 is 5.32 Å². The van der Waals surface area contributed by atoms with Gasteiger partial charge in [-0.05, 0) is 32.4 Å². The Morgan fingerprint density at radius 3 is 3.05 bits per heavy atom. The highest BCUT2D eigenvalue weighted by molar-refractivity contribution is 7.10. The predicted octanol–water partition coefficient (Wildman–Crippen LogP) is 2.97. The fraction of sp³-hybridized carbons (Fsp3) is 0.615. The normalized spacial score (nSPS) is 18.4. The summed E-state index contributed by atoms with van der Waals surface area (Å²) in [6, 6.07) is 2.34. The van der Waals surface area contributed by atoms with Gasteiger partial charge in [-0.1, -0.05) is 11.6 Å². The van der Waals surface area contributed by atoms with Gasteiger partial charge in [0.2, 0.25) is 5.91 Å². The van der Waals surface area contributed by atoms with Crippen LogP contribution in [0.3, 0.4) is 0 Å². The zero-order chi connectivity index (χ0) is 13.0. The third-order valence-corrected chi connectivity index (χ3v) is 4.69. The molecule has 1 amide bonds. The predicted molar refractivity (Wildman–Crippen MR) is 83.6 cm³/mol. The van der Waals surface area contributed by atoms with E-state index in [0.717, 1.165) is 37.4 Å². The third kappa shape index (κ3) is 4.63. The van der Waals surface area contributed by atoms with E-state index in [-0.39, 0.29) is 18.3 Å². The van der Waals surface area contributed by atoms with E-state index in [4.69, 9.17) is 11.6 Å². The van der Waals surface area contributed by atoms with Crippen LogP contribution in [0.4, 0.5) is 0 Å². The van der Waals surface area contributed by atoms with Gasteiger partial charge in [0, 0.05) is 35.8 Å². The number of carbonyl (C=O) groups is 1. The summed E-state index contributed by atoms with van der Waals surface area (Å²) < 4.78 is 0. The summed E-state index contributed by atoms with van der Waals surface area (Å²) in [6.07, 6.45) is 3.65. The van der Waals surface area contributed by atoms with Gasteiger partial charge in [-0.25, -0.2) is 0 Å². The molecule has 0 saturated carbocycles. The van der Waals surface area contributed by atoms with Crippen LogP contribution in [-0.2, 0) is 11.2 Å². The summed E-state index contributed by atoms with van der Waals surface area (Å²) in [5, 5.41) is 5.85. The number of rotatable bonds is 5. The second-order valence-electron chi connectivity index (χ2n) is 4.67. The summed E-state index contributed by atoms with van der Waals surface area (Å²) in [5.74, 6) is 0.275. The molecule has 1 atom stereocenters. The number of aryl methyl sites for hydroxylation is 1. The van der Waals surface area contributed by atoms with Gasteiger partial charge >= 0.3 is 0 Å². The number of nitrogens with zero attached hydrogens (tertiary/aromatic N) is 1. The Bertz CT molecular complexity index is 411. The van der Waals surface area contributed by atoms with E-state index in [1.165, 1.54) is 4.88 Å². The minimum Gasteiger partial charge on any atom is -0.338 e. The van der Waals surface area contributed by atoms with Crippen molar-refractivity contribution >= 4 is 41.3 Å². The van der Waals surface area contributed by atoms with Crippen molar-refractivity contribution in [3.8, 4) is 0 Å². The van der Waals surface area contributed by atoms with Crippen molar-refractivity contribution in [3.63, 3.8) is 0 Å². The highest BCUT2D eigenvalue weighted by Gasteiger charge is 2.27. The van der Waals surface area contributed by atoms with Crippen LogP contribution in [0.1, 0.15) is 24.1 Å². The molecule has 19 heavy (non-hydrogen) atoms. The number of likely N-dealkylation sites (N-methyl/N-ethyl adjacent to an activating group) is 1. The van der Waals surface area contributed by atoms with Gasteiger partial charge in [-0.2, -0.15) is 0 Å². The molecule has 1 aliphatic heterocycles. The molecule has 0 bridgehead atoms. The molecule has 1 saturated heterocycles. The first kappa shape index (κ1) is 16.8. The smallest absolute Gasteiger partial charge is 0.223 e. The van der Waals surface area contributed by atoms with Crippen molar-refractivity contribution < 1.29 is 4.79 Å². The summed E-state index contributed by atoms with van der Waals surface area (Å²) in [6.45, 7) is 1.81. The topological polar surface area (TPSA) is 32.3 Å². The fourth-order valence-corrected chi connectivity index (χ4v) is 3.55. The van der Waals surface area contributed by atoms with Crippen LogP contribution in [0, 0.1) is 0 Å². The molecular weight excluding hydrogens is 303 g/mol. The number of hydrogen-bond donors (Lipinski definition) is 1. The second-order valence-corrected chi connectivity index (χ2v) is 6.10. The van der Waals surface area contributed by atoms with Gasteiger partial charge in [-0.3, -0.25) is 4.79 Å². The molecule has 2 heterocycles. The van der Waals surface area contributed by atoms with E-state index >= 15 is 0 Å². The fourth-order valence-electron chi connectivity index (χ4n) is 2.47. The van der Waals surface area contributed by atoms with E-state index in [0.29, 0.717) is 12.5 Å². The van der Waals surface area contributed by atoms with Gasteiger partial charge in [0.15, 0.2) is 0 Å². The quantitative estimate of drug-likeness (QED) is 0.903. The van der Waals surface area contributed by atoms with Crippen LogP contribution in [0.15, 0.2) is 11.4 Å². The molecule has 1 unspecified atom stereocenters. The Hall–Kier alpha value is -0.290. The van der Waals surface area contributed by atoms with Crippen molar-refractivity contribution in [1.29, 1.82) is 0 Å². The molecule has 0 aliphatic carbocycles. The van der Waals surface area contributed by atoms with Crippen LogP contribution in [0.5, 0.6) is 0 Å². The van der Waals surface area contributed by atoms with Crippen molar-refractivity contribution in [2.45, 2.75) is 31.7 Å². The Kier molecular flexibility index (Phi) is 7.15. The average molecular weight is 323 g/mol. The molecule has 1 aromatic heterocycles. The number of halogens is 2. The Balaban J connectivity index is 0.00000180. The van der Waals surface area contributed by atoms with Crippen LogP contribution >= 0.6 is 35.3 Å². The molecule has 108 valence electrons. The van der Waals surface area contributed by atoms with E-state index in [2.05, 4.69) is 5.32 Å². The number of carbonyl (C=O) groups excluding carboxylic acids is 1. The maximum Gasteiger partial charge on any atom is 0.223 e. The zero-order valence-corrected chi connectivity index (χ0v) is 13.4. The maximum atomic E-state index is 12.2. The molecule has 2 rings (SSSR count). The SMILES string of the molecule is CNCC1CCCN1C(=O)CCc1cc(Cl)cs1.Cl. The summed E-state index contributed by atoms with van der Waals surface area (Å²) in [7, 11) is 1.94. The van der Waals surface area contributed by atoms with Crippen molar-refractivity contribution in [1.82, 2.24) is 10.2 Å². The van der Waals surface area contributed by atoms with Crippen LogP contribution in [0.2, 0.25) is 5.02 Å².